The summed E-state index contributed by atoms with van der Waals surface area (Å²) < 4.78 is 0. The van der Waals surface area contributed by atoms with Gasteiger partial charge in [0.2, 0.25) is 0 Å². The molecule has 4 heteroatoms. The summed E-state index contributed by atoms with van der Waals surface area (Å²) in [4.78, 5) is 6.92. The van der Waals surface area contributed by atoms with Gasteiger partial charge in [-0.1, -0.05) is 23.2 Å². The maximum Gasteiger partial charge on any atom is 0.0911 e. The molecule has 0 unspecified atom stereocenters. The molecule has 0 spiro atoms. The fourth-order valence-corrected chi connectivity index (χ4v) is 1.52. The molecule has 0 saturated heterocycles. The van der Waals surface area contributed by atoms with Crippen LogP contribution in [0.2, 0.25) is 10.0 Å². The summed E-state index contributed by atoms with van der Waals surface area (Å²) in [5.74, 6) is 0. The summed E-state index contributed by atoms with van der Waals surface area (Å²) in [5.41, 5.74) is 1.52. The van der Waals surface area contributed by atoms with Gasteiger partial charge in [0.25, 0.3) is 0 Å². The number of nitrogens with one attached hydrogen (secondary N) is 1. The molecular formula is C9H5Cl2N2. The number of hydrogen-bond donors (Lipinski definition) is 1. The number of hydrogen-bond acceptors (Lipinski definition) is 1. The quantitative estimate of drug-likeness (QED) is 0.772. The van der Waals surface area contributed by atoms with E-state index in [1.807, 2.05) is 6.07 Å². The lowest BCUT2D eigenvalue weighted by Crippen LogP contribution is -1.82. The fourth-order valence-electron chi connectivity index (χ4n) is 1.04. The van der Waals surface area contributed by atoms with Gasteiger partial charge >= 0.3 is 0 Å². The topological polar surface area (TPSA) is 28.7 Å². The van der Waals surface area contributed by atoms with E-state index in [1.54, 1.807) is 18.5 Å². The zero-order valence-electron chi connectivity index (χ0n) is 6.51. The van der Waals surface area contributed by atoms with Crippen molar-refractivity contribution in [3.63, 3.8) is 0 Å². The molecule has 0 fully saturated rings. The molecule has 0 aromatic carbocycles. The van der Waals surface area contributed by atoms with E-state index in [1.165, 1.54) is 0 Å². The van der Waals surface area contributed by atoms with Crippen LogP contribution in [0.15, 0.2) is 24.5 Å². The molecule has 2 heterocycles. The molecule has 0 amide bonds. The van der Waals surface area contributed by atoms with Crippen LogP contribution in [0.1, 0.15) is 0 Å². The van der Waals surface area contributed by atoms with Crippen LogP contribution in [0, 0.1) is 6.20 Å². The van der Waals surface area contributed by atoms with Crippen LogP contribution in [0.5, 0.6) is 0 Å². The second-order valence-corrected chi connectivity index (χ2v) is 3.34. The van der Waals surface area contributed by atoms with Gasteiger partial charge in [-0.3, -0.25) is 4.98 Å². The average Bonchev–Trinajstić information content (AvgIpc) is 2.56. The van der Waals surface area contributed by atoms with Crippen LogP contribution in [-0.2, 0) is 0 Å². The summed E-state index contributed by atoms with van der Waals surface area (Å²) in [6.45, 7) is 0. The van der Waals surface area contributed by atoms with E-state index < -0.39 is 0 Å². The van der Waals surface area contributed by atoms with E-state index in [4.69, 9.17) is 23.2 Å². The highest BCUT2D eigenvalue weighted by atomic mass is 35.5. The fraction of sp³-hybridized carbons (Fsp3) is 0. The van der Waals surface area contributed by atoms with Gasteiger partial charge in [-0.25, -0.2) is 0 Å². The Morgan fingerprint density at radius 2 is 2.23 bits per heavy atom. The zero-order valence-corrected chi connectivity index (χ0v) is 8.02. The Balaban J connectivity index is 2.53. The van der Waals surface area contributed by atoms with Crippen molar-refractivity contribution in [3.05, 3.63) is 40.8 Å². The number of pyridine rings is 1. The Hall–Kier alpha value is -0.990. The van der Waals surface area contributed by atoms with Gasteiger partial charge in [-0.05, 0) is 12.1 Å². The first-order valence-corrected chi connectivity index (χ1v) is 4.39. The van der Waals surface area contributed by atoms with Crippen LogP contribution in [0.4, 0.5) is 0 Å². The molecule has 0 bridgehead atoms. The third kappa shape index (κ3) is 1.69. The van der Waals surface area contributed by atoms with Crippen LogP contribution in [0.25, 0.3) is 11.3 Å². The smallest absolute Gasteiger partial charge is 0.0911 e. The van der Waals surface area contributed by atoms with Gasteiger partial charge in [0.05, 0.1) is 21.9 Å². The normalized spacial score (nSPS) is 10.3. The first kappa shape index (κ1) is 8.60. The van der Waals surface area contributed by atoms with Crippen molar-refractivity contribution in [3.8, 4) is 11.3 Å². The van der Waals surface area contributed by atoms with Crippen molar-refractivity contribution in [1.82, 2.24) is 9.97 Å². The SMILES string of the molecule is Clc1cnc(-c2[c][nH]cc2)c(Cl)c1. The molecule has 1 N–H and O–H groups in total. The Kier molecular flexibility index (Phi) is 2.25. The van der Waals surface area contributed by atoms with Crippen LogP contribution in [0.3, 0.4) is 0 Å². The van der Waals surface area contributed by atoms with E-state index in [2.05, 4.69) is 16.2 Å². The largest absolute Gasteiger partial charge is 0.359 e. The lowest BCUT2D eigenvalue weighted by atomic mass is 10.2. The maximum atomic E-state index is 5.94. The molecule has 13 heavy (non-hydrogen) atoms. The van der Waals surface area contributed by atoms with Crippen LogP contribution in [-0.4, -0.2) is 9.97 Å². The first-order chi connectivity index (χ1) is 6.27. The molecule has 2 nitrogen and oxygen atoms in total. The van der Waals surface area contributed by atoms with Gasteiger partial charge in [0.1, 0.15) is 0 Å². The van der Waals surface area contributed by atoms with Gasteiger partial charge in [-0.15, -0.1) is 0 Å². The molecule has 0 saturated carbocycles. The van der Waals surface area contributed by atoms with Crippen molar-refractivity contribution in [2.75, 3.05) is 0 Å². The molecule has 0 aliphatic rings. The second-order valence-electron chi connectivity index (χ2n) is 2.50. The molecule has 0 atom stereocenters. The van der Waals surface area contributed by atoms with Gasteiger partial charge in [-0.2, -0.15) is 0 Å². The average molecular weight is 212 g/mol. The van der Waals surface area contributed by atoms with Crippen molar-refractivity contribution >= 4 is 23.2 Å². The predicted octanol–water partition coefficient (Wildman–Crippen LogP) is 3.18. The van der Waals surface area contributed by atoms with Gasteiger partial charge in [0, 0.05) is 18.0 Å². The number of aromatic amines is 1. The van der Waals surface area contributed by atoms with E-state index in [0.717, 1.165) is 5.56 Å². The first-order valence-electron chi connectivity index (χ1n) is 3.64. The summed E-state index contributed by atoms with van der Waals surface area (Å²) in [6.07, 6.45) is 6.22. The minimum absolute atomic E-state index is 0.531. The number of aromatic nitrogens is 2. The van der Waals surface area contributed by atoms with E-state index in [9.17, 15) is 0 Å². The number of H-pyrrole nitrogens is 1. The van der Waals surface area contributed by atoms with E-state index in [0.29, 0.717) is 15.7 Å². The summed E-state index contributed by atoms with van der Waals surface area (Å²) in [7, 11) is 0. The van der Waals surface area contributed by atoms with Crippen LogP contribution >= 0.6 is 23.2 Å². The lowest BCUT2D eigenvalue weighted by Gasteiger charge is -1.99. The Bertz CT molecular complexity index is 410. The van der Waals surface area contributed by atoms with E-state index in [-0.39, 0.29) is 0 Å². The molecule has 2 aromatic heterocycles. The van der Waals surface area contributed by atoms with Crippen LogP contribution < -0.4 is 0 Å². The lowest BCUT2D eigenvalue weighted by molar-refractivity contribution is 1.32. The molecule has 65 valence electrons. The summed E-state index contributed by atoms with van der Waals surface area (Å²) >= 11 is 11.7. The van der Waals surface area contributed by atoms with Crippen molar-refractivity contribution in [1.29, 1.82) is 0 Å². The number of rotatable bonds is 1. The Morgan fingerprint density at radius 1 is 1.38 bits per heavy atom. The zero-order chi connectivity index (χ0) is 9.26. The highest BCUT2D eigenvalue weighted by Crippen LogP contribution is 2.26. The van der Waals surface area contributed by atoms with Crippen molar-refractivity contribution in [2.24, 2.45) is 0 Å². The molecule has 0 aliphatic carbocycles. The predicted molar refractivity (Wildman–Crippen MR) is 52.9 cm³/mol. The number of nitrogens with zero attached hydrogens (tertiary/aromatic N) is 1. The summed E-state index contributed by atoms with van der Waals surface area (Å²) in [6, 6.07) is 3.51. The molecule has 2 aromatic rings. The third-order valence-electron chi connectivity index (χ3n) is 1.60. The Morgan fingerprint density at radius 3 is 2.85 bits per heavy atom. The minimum atomic E-state index is 0.531. The standard InChI is InChI=1S/C9H5Cl2N2/c10-7-3-8(11)9(13-5-7)6-1-2-12-4-6/h1-3,5,12H. The Labute approximate surface area is 85.5 Å². The number of halogens is 2. The molecular weight excluding hydrogens is 207 g/mol. The monoisotopic (exact) mass is 211 g/mol. The minimum Gasteiger partial charge on any atom is -0.359 e. The van der Waals surface area contributed by atoms with E-state index >= 15 is 0 Å². The third-order valence-corrected chi connectivity index (χ3v) is 2.10. The van der Waals surface area contributed by atoms with Crippen molar-refractivity contribution in [2.45, 2.75) is 0 Å². The molecule has 1 radical (unpaired) electrons. The van der Waals surface area contributed by atoms with Gasteiger partial charge in [0.15, 0.2) is 0 Å². The highest BCUT2D eigenvalue weighted by Gasteiger charge is 2.05. The molecule has 0 aliphatic heterocycles. The second kappa shape index (κ2) is 3.40. The highest BCUT2D eigenvalue weighted by molar-refractivity contribution is 6.36. The van der Waals surface area contributed by atoms with Gasteiger partial charge < -0.3 is 4.98 Å². The molecule has 2 rings (SSSR count). The van der Waals surface area contributed by atoms with Crippen molar-refractivity contribution < 1.29 is 0 Å². The maximum absolute atomic E-state index is 5.94. The summed E-state index contributed by atoms with van der Waals surface area (Å²) in [5, 5.41) is 1.06.